The molecule has 0 saturated heterocycles. The van der Waals surface area contributed by atoms with Crippen molar-refractivity contribution in [3.63, 3.8) is 0 Å². The maximum atomic E-state index is 11.4. The van der Waals surface area contributed by atoms with Crippen LogP contribution in [0, 0.1) is 13.8 Å². The Morgan fingerprint density at radius 3 is 2.70 bits per heavy atom. The normalized spacial score (nSPS) is 15.7. The Balaban J connectivity index is 2.08. The summed E-state index contributed by atoms with van der Waals surface area (Å²) in [6, 6.07) is 6.64. The molecule has 1 fully saturated rings. The van der Waals surface area contributed by atoms with E-state index in [0.717, 1.165) is 17.5 Å². The van der Waals surface area contributed by atoms with E-state index in [0.29, 0.717) is 11.6 Å². The third-order valence-electron chi connectivity index (χ3n) is 4.45. The van der Waals surface area contributed by atoms with Gasteiger partial charge in [-0.15, -0.1) is 0 Å². The van der Waals surface area contributed by atoms with Crippen molar-refractivity contribution in [3.8, 4) is 11.3 Å². The summed E-state index contributed by atoms with van der Waals surface area (Å²) in [5.74, 6) is 0. The van der Waals surface area contributed by atoms with Crippen molar-refractivity contribution in [2.24, 2.45) is 0 Å². The van der Waals surface area contributed by atoms with Crippen LogP contribution in [0.3, 0.4) is 0 Å². The third-order valence-corrected chi connectivity index (χ3v) is 4.45. The van der Waals surface area contributed by atoms with Gasteiger partial charge in [-0.3, -0.25) is 9.48 Å². The molecule has 3 nitrogen and oxygen atoms in total. The van der Waals surface area contributed by atoms with Crippen molar-refractivity contribution in [1.29, 1.82) is 0 Å². The van der Waals surface area contributed by atoms with Gasteiger partial charge in [-0.05, 0) is 37.8 Å². The number of nitrogens with zero attached hydrogens (tertiary/aromatic N) is 2. The molecule has 0 spiro atoms. The number of carbonyl (C=O) groups excluding carboxylic acids is 1. The van der Waals surface area contributed by atoms with Crippen molar-refractivity contribution >= 4 is 6.29 Å². The van der Waals surface area contributed by atoms with Crippen LogP contribution in [-0.4, -0.2) is 16.1 Å². The molecule has 104 valence electrons. The van der Waals surface area contributed by atoms with Crippen LogP contribution in [0.15, 0.2) is 24.4 Å². The summed E-state index contributed by atoms with van der Waals surface area (Å²) >= 11 is 0. The lowest BCUT2D eigenvalue weighted by molar-refractivity contribution is 0.112. The molecule has 1 aliphatic rings. The Morgan fingerprint density at radius 1 is 1.25 bits per heavy atom. The minimum Gasteiger partial charge on any atom is -0.298 e. The zero-order valence-electron chi connectivity index (χ0n) is 12.1. The third kappa shape index (κ3) is 2.17. The molecule has 1 saturated carbocycles. The van der Waals surface area contributed by atoms with Crippen molar-refractivity contribution < 1.29 is 4.79 Å². The number of aldehydes is 1. The van der Waals surface area contributed by atoms with Crippen LogP contribution >= 0.6 is 0 Å². The van der Waals surface area contributed by atoms with E-state index in [-0.39, 0.29) is 0 Å². The van der Waals surface area contributed by atoms with E-state index in [1.807, 2.05) is 16.9 Å². The fourth-order valence-electron chi connectivity index (χ4n) is 3.06. The lowest BCUT2D eigenvalue weighted by atomic mass is 9.99. The molecule has 0 amide bonds. The van der Waals surface area contributed by atoms with E-state index in [1.165, 1.54) is 36.8 Å². The van der Waals surface area contributed by atoms with Crippen LogP contribution < -0.4 is 0 Å². The first-order chi connectivity index (χ1) is 9.70. The van der Waals surface area contributed by atoms with E-state index in [9.17, 15) is 4.79 Å². The molecule has 0 radical (unpaired) electrons. The largest absolute Gasteiger partial charge is 0.298 e. The Morgan fingerprint density at radius 2 is 2.00 bits per heavy atom. The number of hydrogen-bond donors (Lipinski definition) is 0. The number of carbonyl (C=O) groups is 1. The Labute approximate surface area is 119 Å². The van der Waals surface area contributed by atoms with Crippen molar-refractivity contribution in [2.75, 3.05) is 0 Å². The summed E-state index contributed by atoms with van der Waals surface area (Å²) < 4.78 is 2.01. The summed E-state index contributed by atoms with van der Waals surface area (Å²) in [6.45, 7) is 4.18. The fourth-order valence-corrected chi connectivity index (χ4v) is 3.06. The van der Waals surface area contributed by atoms with Crippen LogP contribution in [0.5, 0.6) is 0 Å². The van der Waals surface area contributed by atoms with Gasteiger partial charge in [0.2, 0.25) is 0 Å². The zero-order chi connectivity index (χ0) is 14.1. The standard InChI is InChI=1S/C17H20N2O/c1-12-6-5-9-16(13(12)2)17-14(11-20)10-19(18-17)15-7-3-4-8-15/h5-6,9-11,15H,3-4,7-8H2,1-2H3. The predicted octanol–water partition coefficient (Wildman–Crippen LogP) is 4.09. The molecule has 0 N–H and O–H groups in total. The molecule has 0 atom stereocenters. The highest BCUT2D eigenvalue weighted by atomic mass is 16.1. The maximum absolute atomic E-state index is 11.4. The first-order valence-electron chi connectivity index (χ1n) is 7.31. The molecular formula is C17H20N2O. The molecule has 0 unspecified atom stereocenters. The summed E-state index contributed by atoms with van der Waals surface area (Å²) in [6.07, 6.45) is 7.72. The van der Waals surface area contributed by atoms with Crippen molar-refractivity contribution in [2.45, 2.75) is 45.6 Å². The molecule has 1 aliphatic carbocycles. The summed E-state index contributed by atoms with van der Waals surface area (Å²) in [5, 5.41) is 4.72. The second kappa shape index (κ2) is 5.23. The van der Waals surface area contributed by atoms with E-state index in [4.69, 9.17) is 5.10 Å². The van der Waals surface area contributed by atoms with E-state index in [1.54, 1.807) is 0 Å². The second-order valence-corrected chi connectivity index (χ2v) is 5.72. The van der Waals surface area contributed by atoms with Gasteiger partial charge in [0, 0.05) is 11.8 Å². The van der Waals surface area contributed by atoms with Gasteiger partial charge in [0.1, 0.15) is 5.69 Å². The molecule has 0 aliphatic heterocycles. The van der Waals surface area contributed by atoms with Crippen LogP contribution in [0.2, 0.25) is 0 Å². The minimum atomic E-state index is 0.465. The fraction of sp³-hybridized carbons (Fsp3) is 0.412. The highest BCUT2D eigenvalue weighted by molar-refractivity contribution is 5.86. The van der Waals surface area contributed by atoms with Crippen LogP contribution in [0.4, 0.5) is 0 Å². The second-order valence-electron chi connectivity index (χ2n) is 5.72. The molecule has 3 rings (SSSR count). The molecular weight excluding hydrogens is 248 g/mol. The Bertz CT molecular complexity index is 636. The Kier molecular flexibility index (Phi) is 3.43. The predicted molar refractivity (Wildman–Crippen MR) is 80.0 cm³/mol. The smallest absolute Gasteiger partial charge is 0.153 e. The summed E-state index contributed by atoms with van der Waals surface area (Å²) in [5.41, 5.74) is 5.03. The molecule has 0 bridgehead atoms. The first-order valence-corrected chi connectivity index (χ1v) is 7.31. The molecule has 3 heteroatoms. The van der Waals surface area contributed by atoms with E-state index >= 15 is 0 Å². The number of hydrogen-bond acceptors (Lipinski definition) is 2. The Hall–Kier alpha value is -1.90. The van der Waals surface area contributed by atoms with E-state index < -0.39 is 0 Å². The van der Waals surface area contributed by atoms with Gasteiger partial charge in [-0.2, -0.15) is 5.10 Å². The van der Waals surface area contributed by atoms with Gasteiger partial charge in [0.15, 0.2) is 6.29 Å². The topological polar surface area (TPSA) is 34.9 Å². The van der Waals surface area contributed by atoms with Gasteiger partial charge >= 0.3 is 0 Å². The lowest BCUT2D eigenvalue weighted by Crippen LogP contribution is -2.05. The summed E-state index contributed by atoms with van der Waals surface area (Å²) in [7, 11) is 0. The van der Waals surface area contributed by atoms with Crippen molar-refractivity contribution in [1.82, 2.24) is 9.78 Å². The summed E-state index contributed by atoms with van der Waals surface area (Å²) in [4.78, 5) is 11.4. The van der Waals surface area contributed by atoms with Gasteiger partial charge in [0.25, 0.3) is 0 Å². The van der Waals surface area contributed by atoms with Gasteiger partial charge in [-0.25, -0.2) is 0 Å². The van der Waals surface area contributed by atoms with Gasteiger partial charge in [-0.1, -0.05) is 31.0 Å². The van der Waals surface area contributed by atoms with E-state index in [2.05, 4.69) is 26.0 Å². The quantitative estimate of drug-likeness (QED) is 0.786. The van der Waals surface area contributed by atoms with Gasteiger partial charge < -0.3 is 0 Å². The average Bonchev–Trinajstić information content (AvgIpc) is 3.09. The molecule has 1 aromatic carbocycles. The number of benzene rings is 1. The van der Waals surface area contributed by atoms with Crippen molar-refractivity contribution in [3.05, 3.63) is 41.1 Å². The molecule has 1 aromatic heterocycles. The average molecular weight is 268 g/mol. The van der Waals surface area contributed by atoms with Crippen LogP contribution in [-0.2, 0) is 0 Å². The molecule has 1 heterocycles. The lowest BCUT2D eigenvalue weighted by Gasteiger charge is -2.09. The highest BCUT2D eigenvalue weighted by Gasteiger charge is 2.21. The minimum absolute atomic E-state index is 0.465. The number of aromatic nitrogens is 2. The van der Waals surface area contributed by atoms with Gasteiger partial charge in [0.05, 0.1) is 11.6 Å². The SMILES string of the molecule is Cc1cccc(-c2nn(C3CCCC3)cc2C=O)c1C. The number of rotatable bonds is 3. The van der Waals surface area contributed by atoms with Crippen LogP contribution in [0.25, 0.3) is 11.3 Å². The molecule has 2 aromatic rings. The zero-order valence-corrected chi connectivity index (χ0v) is 12.1. The highest BCUT2D eigenvalue weighted by Crippen LogP contribution is 2.32. The first kappa shape index (κ1) is 13.1. The maximum Gasteiger partial charge on any atom is 0.153 e. The van der Waals surface area contributed by atoms with Crippen LogP contribution in [0.1, 0.15) is 53.2 Å². The monoisotopic (exact) mass is 268 g/mol. The molecule has 20 heavy (non-hydrogen) atoms. The number of aryl methyl sites for hydroxylation is 1.